The third-order valence-corrected chi connectivity index (χ3v) is 4.95. The lowest BCUT2D eigenvalue weighted by Crippen LogP contribution is -2.44. The molecule has 2 atom stereocenters. The zero-order valence-corrected chi connectivity index (χ0v) is 14.1. The Bertz CT molecular complexity index is 665. The highest BCUT2D eigenvalue weighted by molar-refractivity contribution is 6.39. The molecule has 1 fully saturated rings. The van der Waals surface area contributed by atoms with E-state index in [1.54, 1.807) is 12.1 Å². The fourth-order valence-electron chi connectivity index (χ4n) is 3.63. The van der Waals surface area contributed by atoms with Crippen molar-refractivity contribution in [2.45, 2.75) is 57.5 Å². The van der Waals surface area contributed by atoms with E-state index in [0.29, 0.717) is 31.5 Å². The van der Waals surface area contributed by atoms with Crippen molar-refractivity contribution in [3.8, 4) is 0 Å². The van der Waals surface area contributed by atoms with E-state index < -0.39 is 18.0 Å². The molecular weight excluding hydrogens is 325 g/mol. The van der Waals surface area contributed by atoms with Gasteiger partial charge in [0.1, 0.15) is 6.17 Å². The number of carbonyl (C=O) groups excluding carboxylic acids is 2. The first-order valence-electron chi connectivity index (χ1n) is 8.79. The second kappa shape index (κ2) is 7.93. The molecule has 1 aromatic carbocycles. The first-order chi connectivity index (χ1) is 12.1. The van der Waals surface area contributed by atoms with Gasteiger partial charge in [-0.3, -0.25) is 9.59 Å². The molecule has 6 nitrogen and oxygen atoms in total. The lowest BCUT2D eigenvalue weighted by Gasteiger charge is -2.25. The highest BCUT2D eigenvalue weighted by atomic mass is 19.1. The fourth-order valence-corrected chi connectivity index (χ4v) is 3.63. The maximum Gasteiger partial charge on any atom is 0.313 e. The molecule has 136 valence electrons. The minimum atomic E-state index is -0.910. The molecule has 0 bridgehead atoms. The van der Waals surface area contributed by atoms with Crippen molar-refractivity contribution in [3.05, 3.63) is 28.8 Å². The number of hydrogen-bond acceptors (Lipinski definition) is 4. The predicted molar refractivity (Wildman–Crippen MR) is 91.7 cm³/mol. The Morgan fingerprint density at radius 3 is 2.84 bits per heavy atom. The zero-order chi connectivity index (χ0) is 17.8. The van der Waals surface area contributed by atoms with Crippen LogP contribution in [0.1, 0.15) is 42.4 Å². The van der Waals surface area contributed by atoms with Crippen molar-refractivity contribution >= 4 is 17.5 Å². The van der Waals surface area contributed by atoms with Crippen molar-refractivity contribution in [3.63, 3.8) is 0 Å². The van der Waals surface area contributed by atoms with E-state index in [9.17, 15) is 19.1 Å². The van der Waals surface area contributed by atoms with Crippen LogP contribution in [-0.2, 0) is 29.2 Å². The molecule has 0 saturated heterocycles. The van der Waals surface area contributed by atoms with Gasteiger partial charge < -0.3 is 21.1 Å². The molecule has 2 unspecified atom stereocenters. The Kier molecular flexibility index (Phi) is 5.65. The monoisotopic (exact) mass is 349 g/mol. The van der Waals surface area contributed by atoms with Crippen LogP contribution in [0.3, 0.4) is 0 Å². The van der Waals surface area contributed by atoms with Crippen molar-refractivity contribution < 1.29 is 19.1 Å². The molecule has 3 rings (SSSR count). The quantitative estimate of drug-likeness (QED) is 0.617. The maximum atomic E-state index is 13.4. The van der Waals surface area contributed by atoms with E-state index in [2.05, 4.69) is 16.0 Å². The van der Waals surface area contributed by atoms with E-state index in [-0.39, 0.29) is 19.1 Å². The van der Waals surface area contributed by atoms with Crippen molar-refractivity contribution in [1.82, 2.24) is 10.6 Å². The number of aliphatic hydroxyl groups excluding tert-OH is 1. The van der Waals surface area contributed by atoms with Gasteiger partial charge in [-0.1, -0.05) is 6.07 Å². The molecule has 1 aromatic rings. The molecule has 2 aliphatic rings. The van der Waals surface area contributed by atoms with Gasteiger partial charge in [0.15, 0.2) is 0 Å². The Morgan fingerprint density at radius 1 is 1.24 bits per heavy atom. The number of rotatable bonds is 3. The van der Waals surface area contributed by atoms with Gasteiger partial charge in [-0.05, 0) is 61.4 Å². The Balaban J connectivity index is 1.67. The minimum Gasteiger partial charge on any atom is -0.392 e. The SMILES string of the molecule is O=C(Nc1ccc(CO)c2c1CCNC2)C(=O)NC1CCCC(F)C1. The standard InChI is InChI=1S/C18H24FN3O3/c19-12-2-1-3-13(8-12)21-17(24)18(25)22-16-5-4-11(10-23)15-9-20-7-6-14(15)16/h4-5,12-13,20,23H,1-3,6-10H2,(H,21,24)(H,22,25). The number of aliphatic hydroxyl groups is 1. The average molecular weight is 349 g/mol. The van der Waals surface area contributed by atoms with E-state index >= 15 is 0 Å². The molecule has 1 saturated carbocycles. The normalized spacial score (nSPS) is 22.8. The van der Waals surface area contributed by atoms with E-state index in [1.165, 1.54) is 0 Å². The number of nitrogens with one attached hydrogen (secondary N) is 3. The minimum absolute atomic E-state index is 0.0647. The van der Waals surface area contributed by atoms with Gasteiger partial charge in [0.05, 0.1) is 6.61 Å². The Morgan fingerprint density at radius 2 is 2.08 bits per heavy atom. The first kappa shape index (κ1) is 17.8. The largest absolute Gasteiger partial charge is 0.392 e. The number of carbonyl (C=O) groups is 2. The van der Waals surface area contributed by atoms with Crippen LogP contribution in [-0.4, -0.2) is 35.7 Å². The topological polar surface area (TPSA) is 90.5 Å². The van der Waals surface area contributed by atoms with E-state index in [0.717, 1.165) is 29.7 Å². The van der Waals surface area contributed by atoms with Gasteiger partial charge in [0.25, 0.3) is 0 Å². The van der Waals surface area contributed by atoms with Gasteiger partial charge in [-0.15, -0.1) is 0 Å². The summed E-state index contributed by atoms with van der Waals surface area (Å²) in [4.78, 5) is 24.3. The fraction of sp³-hybridized carbons (Fsp3) is 0.556. The van der Waals surface area contributed by atoms with Crippen molar-refractivity contribution in [2.75, 3.05) is 11.9 Å². The van der Waals surface area contributed by atoms with Crippen LogP contribution >= 0.6 is 0 Å². The molecule has 7 heteroatoms. The van der Waals surface area contributed by atoms with Crippen LogP contribution in [0, 0.1) is 0 Å². The second-order valence-electron chi connectivity index (χ2n) is 6.70. The van der Waals surface area contributed by atoms with Gasteiger partial charge in [-0.2, -0.15) is 0 Å². The van der Waals surface area contributed by atoms with Crippen molar-refractivity contribution in [1.29, 1.82) is 0 Å². The van der Waals surface area contributed by atoms with E-state index in [4.69, 9.17) is 0 Å². The molecular formula is C18H24FN3O3. The number of alkyl halides is 1. The number of fused-ring (bicyclic) bond motifs is 1. The van der Waals surface area contributed by atoms with Gasteiger partial charge in [0, 0.05) is 18.3 Å². The lowest BCUT2D eigenvalue weighted by molar-refractivity contribution is -0.136. The van der Waals surface area contributed by atoms with Gasteiger partial charge >= 0.3 is 11.8 Å². The number of amides is 2. The molecule has 1 heterocycles. The summed E-state index contributed by atoms with van der Waals surface area (Å²) in [7, 11) is 0. The van der Waals surface area contributed by atoms with Crippen LogP contribution in [0.5, 0.6) is 0 Å². The van der Waals surface area contributed by atoms with Gasteiger partial charge in [-0.25, -0.2) is 4.39 Å². The van der Waals surface area contributed by atoms with Crippen LogP contribution in [0.4, 0.5) is 10.1 Å². The van der Waals surface area contributed by atoms with E-state index in [1.807, 2.05) is 0 Å². The lowest BCUT2D eigenvalue weighted by atomic mass is 9.93. The summed E-state index contributed by atoms with van der Waals surface area (Å²) in [6.45, 7) is 1.34. The van der Waals surface area contributed by atoms with Crippen LogP contribution in [0.25, 0.3) is 0 Å². The zero-order valence-electron chi connectivity index (χ0n) is 14.1. The number of halogens is 1. The molecule has 0 aromatic heterocycles. The third-order valence-electron chi connectivity index (χ3n) is 4.95. The van der Waals surface area contributed by atoms with Crippen LogP contribution in [0.15, 0.2) is 12.1 Å². The molecule has 25 heavy (non-hydrogen) atoms. The summed E-state index contributed by atoms with van der Waals surface area (Å²) in [6, 6.07) is 3.20. The smallest absolute Gasteiger partial charge is 0.313 e. The number of hydrogen-bond donors (Lipinski definition) is 4. The molecule has 2 amide bonds. The van der Waals surface area contributed by atoms with Crippen LogP contribution in [0.2, 0.25) is 0 Å². The predicted octanol–water partition coefficient (Wildman–Crippen LogP) is 1.16. The molecule has 1 aliphatic carbocycles. The van der Waals surface area contributed by atoms with Gasteiger partial charge in [0.2, 0.25) is 0 Å². The number of anilines is 1. The second-order valence-corrected chi connectivity index (χ2v) is 6.70. The maximum absolute atomic E-state index is 13.4. The summed E-state index contributed by atoms with van der Waals surface area (Å²) in [5.41, 5.74) is 3.34. The first-order valence-corrected chi connectivity index (χ1v) is 8.79. The number of benzene rings is 1. The molecule has 0 spiro atoms. The average Bonchev–Trinajstić information content (AvgIpc) is 2.62. The summed E-state index contributed by atoms with van der Waals surface area (Å²) in [5, 5.41) is 18.0. The molecule has 1 aliphatic heterocycles. The Hall–Kier alpha value is -1.99. The Labute approximate surface area is 146 Å². The summed E-state index contributed by atoms with van der Waals surface area (Å²) in [5.74, 6) is -1.47. The molecule has 4 N–H and O–H groups in total. The summed E-state index contributed by atoms with van der Waals surface area (Å²) < 4.78 is 13.4. The summed E-state index contributed by atoms with van der Waals surface area (Å²) in [6.07, 6.45) is 2.02. The molecule has 0 radical (unpaired) electrons. The van der Waals surface area contributed by atoms with Crippen molar-refractivity contribution in [2.24, 2.45) is 0 Å². The van der Waals surface area contributed by atoms with Crippen LogP contribution < -0.4 is 16.0 Å². The summed E-state index contributed by atoms with van der Waals surface area (Å²) >= 11 is 0. The highest BCUT2D eigenvalue weighted by Crippen LogP contribution is 2.27. The third kappa shape index (κ3) is 4.16. The highest BCUT2D eigenvalue weighted by Gasteiger charge is 2.26.